The van der Waals surface area contributed by atoms with Crippen LogP contribution in [0.3, 0.4) is 0 Å². The first-order valence-corrected chi connectivity index (χ1v) is 7.16. The van der Waals surface area contributed by atoms with E-state index in [1.54, 1.807) is 0 Å². The van der Waals surface area contributed by atoms with Gasteiger partial charge in [-0.1, -0.05) is 15.9 Å². The van der Waals surface area contributed by atoms with Crippen LogP contribution in [0.1, 0.15) is 27.7 Å². The molecule has 0 saturated carbocycles. The van der Waals surface area contributed by atoms with Crippen LogP contribution in [-0.4, -0.2) is 47.6 Å². The lowest BCUT2D eigenvalue weighted by molar-refractivity contribution is -0.219. The summed E-state index contributed by atoms with van der Waals surface area (Å²) in [5.74, 6) is -1.13. The first-order valence-electron chi connectivity index (χ1n) is 6.24. The fourth-order valence-electron chi connectivity index (χ4n) is 2.67. The Balaban J connectivity index is 1.68. The van der Waals surface area contributed by atoms with Crippen LogP contribution in [0.2, 0.25) is 0 Å². The van der Waals surface area contributed by atoms with E-state index in [2.05, 4.69) is 15.9 Å². The fourth-order valence-corrected chi connectivity index (χ4v) is 3.49. The maximum absolute atomic E-state index is 5.91. The van der Waals surface area contributed by atoms with Gasteiger partial charge in [-0.05, 0) is 27.7 Å². The monoisotopic (exact) mass is 322 g/mol. The van der Waals surface area contributed by atoms with Crippen molar-refractivity contribution in [2.75, 3.05) is 6.61 Å². The predicted octanol–water partition coefficient (Wildman–Crippen LogP) is 1.78. The highest BCUT2D eigenvalue weighted by molar-refractivity contribution is 9.09. The Labute approximate surface area is 115 Å². The highest BCUT2D eigenvalue weighted by Gasteiger charge is 2.57. The third-order valence-corrected chi connectivity index (χ3v) is 4.45. The van der Waals surface area contributed by atoms with Crippen molar-refractivity contribution in [2.24, 2.45) is 0 Å². The molecular weight excluding hydrogens is 304 g/mol. The van der Waals surface area contributed by atoms with Crippen molar-refractivity contribution in [1.82, 2.24) is 0 Å². The van der Waals surface area contributed by atoms with E-state index in [0.29, 0.717) is 6.61 Å². The Bertz CT molecular complexity index is 345. The topological polar surface area (TPSA) is 46.2 Å². The van der Waals surface area contributed by atoms with Crippen molar-refractivity contribution < 1.29 is 23.7 Å². The summed E-state index contributed by atoms with van der Waals surface area (Å²) < 4.78 is 28.9. The molecule has 18 heavy (non-hydrogen) atoms. The molecule has 5 nitrogen and oxygen atoms in total. The van der Waals surface area contributed by atoms with Gasteiger partial charge in [0.2, 0.25) is 0 Å². The number of hydrogen-bond acceptors (Lipinski definition) is 5. The van der Waals surface area contributed by atoms with E-state index in [4.69, 9.17) is 23.7 Å². The lowest BCUT2D eigenvalue weighted by Crippen LogP contribution is -2.39. The van der Waals surface area contributed by atoms with E-state index in [9.17, 15) is 0 Å². The highest BCUT2D eigenvalue weighted by atomic mass is 79.9. The van der Waals surface area contributed by atoms with Gasteiger partial charge in [-0.2, -0.15) is 0 Å². The third-order valence-electron chi connectivity index (χ3n) is 3.40. The molecule has 0 spiro atoms. The molecule has 3 fully saturated rings. The molecule has 0 radical (unpaired) electrons. The minimum Gasteiger partial charge on any atom is -0.348 e. The van der Waals surface area contributed by atoms with Gasteiger partial charge in [0.1, 0.15) is 18.3 Å². The largest absolute Gasteiger partial charge is 0.348 e. The first-order chi connectivity index (χ1) is 8.27. The second-order valence-electron chi connectivity index (χ2n) is 5.88. The normalized spacial score (nSPS) is 49.5. The minimum absolute atomic E-state index is 0.0479. The lowest BCUT2D eigenvalue weighted by Gasteiger charge is -2.26. The second kappa shape index (κ2) is 4.14. The SMILES string of the molecule is CC1(C)O[C@H]2O[C@H]([C@H]3COC(C)(C)O3)[C@@H](Br)[C@H]2O1. The van der Waals surface area contributed by atoms with Gasteiger partial charge in [-0.25, -0.2) is 0 Å². The van der Waals surface area contributed by atoms with Crippen LogP contribution in [0.5, 0.6) is 0 Å². The number of hydrogen-bond donors (Lipinski definition) is 0. The molecule has 3 saturated heterocycles. The summed E-state index contributed by atoms with van der Waals surface area (Å²) in [6.45, 7) is 8.12. The van der Waals surface area contributed by atoms with Gasteiger partial charge in [-0.15, -0.1) is 0 Å². The van der Waals surface area contributed by atoms with Crippen LogP contribution in [0.15, 0.2) is 0 Å². The molecule has 3 heterocycles. The molecular formula is C12H19BrO5. The van der Waals surface area contributed by atoms with Crippen molar-refractivity contribution >= 4 is 15.9 Å². The molecule has 3 rings (SSSR count). The van der Waals surface area contributed by atoms with Crippen LogP contribution in [0.25, 0.3) is 0 Å². The molecule has 3 aliphatic rings. The molecule has 0 aromatic heterocycles. The number of ether oxygens (including phenoxy) is 5. The Kier molecular flexibility index (Phi) is 3.05. The molecule has 104 valence electrons. The van der Waals surface area contributed by atoms with E-state index in [-0.39, 0.29) is 29.4 Å². The van der Waals surface area contributed by atoms with E-state index in [1.165, 1.54) is 0 Å². The number of fused-ring (bicyclic) bond motifs is 1. The lowest BCUT2D eigenvalue weighted by atomic mass is 10.1. The van der Waals surface area contributed by atoms with Gasteiger partial charge >= 0.3 is 0 Å². The average Bonchev–Trinajstić information content (AvgIpc) is 2.81. The summed E-state index contributed by atoms with van der Waals surface area (Å²) in [5, 5.41) is 0. The van der Waals surface area contributed by atoms with Gasteiger partial charge in [0.05, 0.1) is 11.4 Å². The molecule has 0 unspecified atom stereocenters. The Morgan fingerprint density at radius 2 is 1.67 bits per heavy atom. The van der Waals surface area contributed by atoms with Crippen LogP contribution >= 0.6 is 15.9 Å². The third kappa shape index (κ3) is 2.23. The number of halogens is 1. The van der Waals surface area contributed by atoms with Gasteiger partial charge in [0, 0.05) is 0 Å². The molecule has 0 amide bonds. The molecule has 6 heteroatoms. The summed E-state index contributed by atoms with van der Waals surface area (Å²) in [7, 11) is 0. The van der Waals surface area contributed by atoms with Crippen LogP contribution in [0.4, 0.5) is 0 Å². The maximum Gasteiger partial charge on any atom is 0.188 e. The quantitative estimate of drug-likeness (QED) is 0.689. The minimum atomic E-state index is -0.585. The van der Waals surface area contributed by atoms with Gasteiger partial charge in [-0.3, -0.25) is 0 Å². The highest BCUT2D eigenvalue weighted by Crippen LogP contribution is 2.43. The van der Waals surface area contributed by atoms with Gasteiger partial charge < -0.3 is 23.7 Å². The van der Waals surface area contributed by atoms with Crippen LogP contribution in [-0.2, 0) is 23.7 Å². The summed E-state index contributed by atoms with van der Waals surface area (Å²) in [6, 6.07) is 0. The molecule has 0 aromatic carbocycles. The number of rotatable bonds is 1. The Hall–Kier alpha value is 0.280. The van der Waals surface area contributed by atoms with Crippen molar-refractivity contribution in [3.8, 4) is 0 Å². The van der Waals surface area contributed by atoms with Crippen LogP contribution < -0.4 is 0 Å². The Morgan fingerprint density at radius 1 is 0.944 bits per heavy atom. The fraction of sp³-hybridized carbons (Fsp3) is 1.00. The van der Waals surface area contributed by atoms with Gasteiger partial charge in [0.25, 0.3) is 0 Å². The second-order valence-corrected chi connectivity index (χ2v) is 6.94. The van der Waals surface area contributed by atoms with Crippen molar-refractivity contribution in [1.29, 1.82) is 0 Å². The van der Waals surface area contributed by atoms with Crippen molar-refractivity contribution in [3.63, 3.8) is 0 Å². The molecule has 0 bridgehead atoms. The summed E-state index contributed by atoms with van der Waals surface area (Å²) >= 11 is 3.65. The zero-order valence-corrected chi connectivity index (χ0v) is 12.6. The molecule has 3 aliphatic heterocycles. The van der Waals surface area contributed by atoms with Gasteiger partial charge in [0.15, 0.2) is 17.9 Å². The average molecular weight is 323 g/mol. The molecule has 5 atom stereocenters. The van der Waals surface area contributed by atoms with Crippen LogP contribution in [0, 0.1) is 0 Å². The zero-order valence-electron chi connectivity index (χ0n) is 11.0. The van der Waals surface area contributed by atoms with Crippen molar-refractivity contribution in [2.45, 2.75) is 68.7 Å². The predicted molar refractivity (Wildman–Crippen MR) is 66.3 cm³/mol. The summed E-state index contributed by atoms with van der Waals surface area (Å²) in [4.78, 5) is 0.0479. The van der Waals surface area contributed by atoms with Crippen molar-refractivity contribution in [3.05, 3.63) is 0 Å². The maximum atomic E-state index is 5.91. The molecule has 0 N–H and O–H groups in total. The molecule has 0 aromatic rings. The standard InChI is InChI=1S/C12H19BrO5/c1-11(2)14-5-6(16-11)8-7(13)9-10(15-8)18-12(3,4)17-9/h6-10H,5H2,1-4H3/t6-,7-,8-,9-,10-/m1/s1. The van der Waals surface area contributed by atoms with E-state index in [1.807, 2.05) is 27.7 Å². The number of alkyl halides is 1. The molecule has 0 aliphatic carbocycles. The zero-order chi connectivity index (χ0) is 13.1. The summed E-state index contributed by atoms with van der Waals surface area (Å²) in [5.41, 5.74) is 0. The first kappa shape index (κ1) is 13.3. The van der Waals surface area contributed by atoms with E-state index < -0.39 is 11.6 Å². The van der Waals surface area contributed by atoms with E-state index >= 15 is 0 Å². The smallest absolute Gasteiger partial charge is 0.188 e. The van der Waals surface area contributed by atoms with E-state index in [0.717, 1.165) is 0 Å². The summed E-state index contributed by atoms with van der Waals surface area (Å²) in [6.07, 6.45) is -0.637. The Morgan fingerprint density at radius 3 is 2.22 bits per heavy atom.